The lowest BCUT2D eigenvalue weighted by atomic mass is 10.2. The van der Waals surface area contributed by atoms with E-state index in [1.165, 1.54) is 46.2 Å². The topological polar surface area (TPSA) is 80.0 Å². The summed E-state index contributed by atoms with van der Waals surface area (Å²) in [7, 11) is 0. The normalized spacial score (nSPS) is 14.4. The minimum Gasteiger partial charge on any atom is -0.484 e. The first-order chi connectivity index (χ1) is 16.5. The molecule has 0 bridgehead atoms. The molecule has 0 atom stereocenters. The van der Waals surface area contributed by atoms with Crippen LogP contribution in [0.15, 0.2) is 65.5 Å². The average Bonchev–Trinajstić information content (AvgIpc) is 3.29. The molecular weight excluding hydrogens is 457 g/mol. The minimum atomic E-state index is -0.349. The highest BCUT2D eigenvalue weighted by Crippen LogP contribution is 2.24. The summed E-state index contributed by atoms with van der Waals surface area (Å²) in [5.74, 6) is -0.00222. The van der Waals surface area contributed by atoms with Crippen molar-refractivity contribution >= 4 is 22.2 Å². The molecular formula is C24H22FN5O3S. The molecule has 0 unspecified atom stereocenters. The Morgan fingerprint density at radius 3 is 2.50 bits per heavy atom. The van der Waals surface area contributed by atoms with Crippen LogP contribution in [0.5, 0.6) is 5.75 Å². The molecule has 5 rings (SSSR count). The fourth-order valence-corrected chi connectivity index (χ4v) is 4.72. The number of hydrogen-bond donors (Lipinski definition) is 0. The van der Waals surface area contributed by atoms with Crippen LogP contribution in [0, 0.1) is 5.82 Å². The maximum atomic E-state index is 13.0. The molecule has 4 aromatic rings. The van der Waals surface area contributed by atoms with Crippen molar-refractivity contribution in [2.75, 3.05) is 32.8 Å². The van der Waals surface area contributed by atoms with Gasteiger partial charge < -0.3 is 9.64 Å². The highest BCUT2D eigenvalue weighted by atomic mass is 32.1. The molecule has 0 saturated carbocycles. The third-order valence-corrected chi connectivity index (χ3v) is 6.56. The summed E-state index contributed by atoms with van der Waals surface area (Å²) in [6, 6.07) is 16.8. The smallest absolute Gasteiger partial charge is 0.275 e. The maximum Gasteiger partial charge on any atom is 0.275 e. The zero-order chi connectivity index (χ0) is 23.5. The Kier molecular flexibility index (Phi) is 6.33. The highest BCUT2D eigenvalue weighted by Gasteiger charge is 2.22. The monoisotopic (exact) mass is 479 g/mol. The Labute approximate surface area is 198 Å². The maximum absolute atomic E-state index is 13.0. The predicted molar refractivity (Wildman–Crippen MR) is 126 cm³/mol. The van der Waals surface area contributed by atoms with E-state index in [1.807, 2.05) is 30.3 Å². The molecule has 0 aliphatic carbocycles. The third-order valence-electron chi connectivity index (χ3n) is 5.61. The van der Waals surface area contributed by atoms with Gasteiger partial charge in [-0.05, 0) is 24.3 Å². The van der Waals surface area contributed by atoms with Gasteiger partial charge in [-0.2, -0.15) is 9.61 Å². The summed E-state index contributed by atoms with van der Waals surface area (Å²) in [5, 5.41) is 5.16. The Bertz CT molecular complexity index is 1350. The largest absolute Gasteiger partial charge is 0.484 e. The van der Waals surface area contributed by atoms with Gasteiger partial charge in [-0.3, -0.25) is 14.5 Å². The average molecular weight is 480 g/mol. The quantitative estimate of drug-likeness (QED) is 0.423. The van der Waals surface area contributed by atoms with Gasteiger partial charge in [-0.15, -0.1) is 0 Å². The molecule has 0 spiro atoms. The Balaban J connectivity index is 1.18. The molecule has 2 aromatic heterocycles. The second kappa shape index (κ2) is 9.70. The summed E-state index contributed by atoms with van der Waals surface area (Å²) in [6.45, 7) is 2.90. The van der Waals surface area contributed by atoms with Gasteiger partial charge in [0.2, 0.25) is 4.96 Å². The van der Waals surface area contributed by atoms with E-state index >= 15 is 0 Å². The van der Waals surface area contributed by atoms with Gasteiger partial charge in [-0.25, -0.2) is 9.37 Å². The standard InChI is InChI=1S/C24H22FN5O3S/c25-18-6-8-20(9-7-18)33-16-22(32)29-12-10-28(11-13-29)15-19-14-21(31)30-24(26-19)34-23(27-30)17-4-2-1-3-5-17/h1-9,14H,10-13,15-16H2. The number of piperazine rings is 1. The van der Waals surface area contributed by atoms with Crippen LogP contribution in [0.1, 0.15) is 5.69 Å². The van der Waals surface area contributed by atoms with Gasteiger partial charge in [0.1, 0.15) is 16.6 Å². The van der Waals surface area contributed by atoms with Crippen molar-refractivity contribution in [3.8, 4) is 16.3 Å². The second-order valence-electron chi connectivity index (χ2n) is 7.95. The van der Waals surface area contributed by atoms with Gasteiger partial charge in [0.15, 0.2) is 6.61 Å². The van der Waals surface area contributed by atoms with Gasteiger partial charge in [0.25, 0.3) is 11.5 Å². The lowest BCUT2D eigenvalue weighted by Gasteiger charge is -2.34. The van der Waals surface area contributed by atoms with Crippen LogP contribution >= 0.6 is 11.3 Å². The number of carbonyl (C=O) groups is 1. The predicted octanol–water partition coefficient (Wildman–Crippen LogP) is 2.68. The number of halogens is 1. The van der Waals surface area contributed by atoms with E-state index in [0.717, 1.165) is 10.6 Å². The van der Waals surface area contributed by atoms with Crippen molar-refractivity contribution in [3.05, 3.63) is 82.5 Å². The van der Waals surface area contributed by atoms with Crippen LogP contribution < -0.4 is 10.3 Å². The van der Waals surface area contributed by atoms with E-state index in [4.69, 9.17) is 4.74 Å². The lowest BCUT2D eigenvalue weighted by molar-refractivity contribution is -0.135. The van der Waals surface area contributed by atoms with Crippen molar-refractivity contribution in [2.45, 2.75) is 6.54 Å². The molecule has 2 aromatic carbocycles. The van der Waals surface area contributed by atoms with E-state index in [2.05, 4.69) is 15.0 Å². The fourth-order valence-electron chi connectivity index (χ4n) is 3.79. The summed E-state index contributed by atoms with van der Waals surface area (Å²) in [5.41, 5.74) is 1.43. The Morgan fingerprint density at radius 1 is 1.03 bits per heavy atom. The van der Waals surface area contributed by atoms with Crippen molar-refractivity contribution in [3.63, 3.8) is 0 Å². The SMILES string of the molecule is O=C(COc1ccc(F)cc1)N1CCN(Cc2cc(=O)n3nc(-c4ccccc4)sc3n2)CC1. The number of nitrogens with zero attached hydrogens (tertiary/aromatic N) is 5. The first-order valence-electron chi connectivity index (χ1n) is 10.9. The molecule has 1 aliphatic rings. The number of benzene rings is 2. The molecule has 174 valence electrons. The molecule has 1 aliphatic heterocycles. The fraction of sp³-hybridized carbons (Fsp3) is 0.250. The van der Waals surface area contributed by atoms with Crippen molar-refractivity contribution < 1.29 is 13.9 Å². The van der Waals surface area contributed by atoms with Crippen LogP contribution in [0.3, 0.4) is 0 Å². The first-order valence-corrected chi connectivity index (χ1v) is 11.7. The second-order valence-corrected chi connectivity index (χ2v) is 8.91. The molecule has 10 heteroatoms. The number of aromatic nitrogens is 3. The number of ether oxygens (including phenoxy) is 1. The molecule has 8 nitrogen and oxygen atoms in total. The highest BCUT2D eigenvalue weighted by molar-refractivity contribution is 7.19. The lowest BCUT2D eigenvalue weighted by Crippen LogP contribution is -2.49. The number of carbonyl (C=O) groups excluding carboxylic acids is 1. The number of hydrogen-bond acceptors (Lipinski definition) is 7. The van der Waals surface area contributed by atoms with E-state index in [0.29, 0.717) is 49.1 Å². The van der Waals surface area contributed by atoms with Crippen molar-refractivity contribution in [1.29, 1.82) is 0 Å². The zero-order valence-corrected chi connectivity index (χ0v) is 19.1. The third kappa shape index (κ3) is 4.97. The minimum absolute atomic E-state index is 0.0876. The van der Waals surface area contributed by atoms with E-state index in [1.54, 1.807) is 4.90 Å². The van der Waals surface area contributed by atoms with Gasteiger partial charge >= 0.3 is 0 Å². The molecule has 1 fully saturated rings. The van der Waals surface area contributed by atoms with E-state index in [9.17, 15) is 14.0 Å². The van der Waals surface area contributed by atoms with Crippen LogP contribution in [-0.4, -0.2) is 63.1 Å². The molecule has 1 saturated heterocycles. The molecule has 0 radical (unpaired) electrons. The molecule has 34 heavy (non-hydrogen) atoms. The van der Waals surface area contributed by atoms with Crippen molar-refractivity contribution in [2.24, 2.45) is 0 Å². The summed E-state index contributed by atoms with van der Waals surface area (Å²) in [4.78, 5) is 34.2. The van der Waals surface area contributed by atoms with E-state index < -0.39 is 0 Å². The van der Waals surface area contributed by atoms with Gasteiger partial charge in [0.05, 0.1) is 5.69 Å². The van der Waals surface area contributed by atoms with Gasteiger partial charge in [-0.1, -0.05) is 41.7 Å². The number of rotatable bonds is 6. The van der Waals surface area contributed by atoms with Crippen LogP contribution in [-0.2, 0) is 11.3 Å². The van der Waals surface area contributed by atoms with Crippen LogP contribution in [0.25, 0.3) is 15.5 Å². The first kappa shape index (κ1) is 22.2. The number of amides is 1. The van der Waals surface area contributed by atoms with Crippen LogP contribution in [0.4, 0.5) is 4.39 Å². The van der Waals surface area contributed by atoms with E-state index in [-0.39, 0.29) is 23.9 Å². The number of fused-ring (bicyclic) bond motifs is 1. The molecule has 1 amide bonds. The van der Waals surface area contributed by atoms with Crippen molar-refractivity contribution in [1.82, 2.24) is 24.4 Å². The van der Waals surface area contributed by atoms with Gasteiger partial charge in [0, 0.05) is 44.4 Å². The van der Waals surface area contributed by atoms with Crippen LogP contribution in [0.2, 0.25) is 0 Å². The molecule has 0 N–H and O–H groups in total. The zero-order valence-electron chi connectivity index (χ0n) is 18.3. The summed E-state index contributed by atoms with van der Waals surface area (Å²) < 4.78 is 19.8. The summed E-state index contributed by atoms with van der Waals surface area (Å²) >= 11 is 1.38. The summed E-state index contributed by atoms with van der Waals surface area (Å²) in [6.07, 6.45) is 0. The Morgan fingerprint density at radius 2 is 1.76 bits per heavy atom. The Hall–Kier alpha value is -3.63. The molecule has 3 heterocycles.